The second kappa shape index (κ2) is 5.41. The largest absolute Gasteiger partial charge is 0.669 e. The van der Waals surface area contributed by atoms with Crippen molar-refractivity contribution in [3.63, 3.8) is 0 Å². The fraction of sp³-hybridized carbons (Fsp3) is 0. The maximum atomic E-state index is 12.7. The van der Waals surface area contributed by atoms with Crippen LogP contribution in [-0.2, 0) is 9.19 Å². The van der Waals surface area contributed by atoms with Gasteiger partial charge in [0.05, 0.1) is 5.69 Å². The van der Waals surface area contributed by atoms with Gasteiger partial charge in [0.25, 0.3) is 0 Å². The van der Waals surface area contributed by atoms with Crippen LogP contribution in [0.5, 0.6) is 11.5 Å². The van der Waals surface area contributed by atoms with Crippen LogP contribution in [0, 0.1) is 0 Å². The van der Waals surface area contributed by atoms with Crippen LogP contribution < -0.4 is 9.05 Å². The van der Waals surface area contributed by atoms with E-state index in [1.807, 2.05) is 30.3 Å². The quantitative estimate of drug-likeness (QED) is 0.588. The normalized spacial score (nSPS) is 19.3. The van der Waals surface area contributed by atoms with E-state index < -0.39 is 7.82 Å². The minimum absolute atomic E-state index is 0.352. The summed E-state index contributed by atoms with van der Waals surface area (Å²) in [6.07, 6.45) is 0. The third-order valence-electron chi connectivity index (χ3n) is 3.28. The van der Waals surface area contributed by atoms with E-state index in [4.69, 9.17) is 13.7 Å². The fourth-order valence-corrected chi connectivity index (χ4v) is 3.20. The van der Waals surface area contributed by atoms with Gasteiger partial charge in [0.2, 0.25) is 0 Å². The highest BCUT2D eigenvalue weighted by Crippen LogP contribution is 2.51. The molecule has 0 saturated carbocycles. The molecule has 3 aromatic carbocycles. The van der Waals surface area contributed by atoms with Gasteiger partial charge in [0.1, 0.15) is 11.5 Å². The van der Waals surface area contributed by atoms with Crippen LogP contribution in [0.15, 0.2) is 77.1 Å². The molecule has 5 rings (SSSR count). The standard InChI is InChI=1S/C16H11N2O4P/c19-23(20-15-9-6-14(7-10-15)17-18-22-23)21-16-8-5-12-3-1-2-4-13(12)11-16/h1-11H. The lowest BCUT2D eigenvalue weighted by Gasteiger charge is -2.15. The number of benzene rings is 3. The lowest BCUT2D eigenvalue weighted by atomic mass is 10.1. The molecule has 2 aliphatic rings. The summed E-state index contributed by atoms with van der Waals surface area (Å²) in [5, 5.41) is 9.22. The molecule has 2 heterocycles. The number of fused-ring (bicyclic) bond motifs is 6. The molecule has 0 N–H and O–H groups in total. The van der Waals surface area contributed by atoms with E-state index in [2.05, 4.69) is 10.4 Å². The summed E-state index contributed by atoms with van der Waals surface area (Å²) in [5.74, 6) is 0.711. The summed E-state index contributed by atoms with van der Waals surface area (Å²) in [6, 6.07) is 19.7. The van der Waals surface area contributed by atoms with E-state index >= 15 is 0 Å². The average Bonchev–Trinajstić information content (AvgIpc) is 2.68. The molecule has 114 valence electrons. The zero-order chi connectivity index (χ0) is 15.7. The minimum atomic E-state index is -3.97. The molecule has 6 nitrogen and oxygen atoms in total. The number of phosphoric acid groups is 1. The van der Waals surface area contributed by atoms with Gasteiger partial charge in [-0.3, -0.25) is 4.62 Å². The Balaban J connectivity index is 1.67. The molecular weight excluding hydrogens is 315 g/mol. The second-order valence-corrected chi connectivity index (χ2v) is 6.32. The number of hydrogen-bond donors (Lipinski definition) is 0. The first-order chi connectivity index (χ1) is 11.2. The summed E-state index contributed by atoms with van der Waals surface area (Å²) in [5.41, 5.74) is 0.566. The van der Waals surface area contributed by atoms with E-state index in [1.54, 1.807) is 36.4 Å². The Morgan fingerprint density at radius 2 is 1.70 bits per heavy atom. The molecule has 7 heteroatoms. The third-order valence-corrected chi connectivity index (χ3v) is 4.43. The van der Waals surface area contributed by atoms with Crippen LogP contribution in [0.25, 0.3) is 10.8 Å². The number of nitrogens with zero attached hydrogens (tertiary/aromatic N) is 2. The third kappa shape index (κ3) is 2.89. The summed E-state index contributed by atoms with van der Waals surface area (Å²) in [6.45, 7) is 0. The summed E-state index contributed by atoms with van der Waals surface area (Å²) in [7, 11) is -3.97. The molecular formula is C16H11N2O4P. The van der Waals surface area contributed by atoms with Gasteiger partial charge in [-0.05, 0) is 47.2 Å². The predicted octanol–water partition coefficient (Wildman–Crippen LogP) is 5.43. The molecule has 0 saturated heterocycles. The zero-order valence-corrected chi connectivity index (χ0v) is 12.7. The van der Waals surface area contributed by atoms with Gasteiger partial charge in [-0.25, -0.2) is 0 Å². The van der Waals surface area contributed by atoms with Crippen LogP contribution in [0.1, 0.15) is 0 Å². The second-order valence-electron chi connectivity index (χ2n) is 4.90. The highest BCUT2D eigenvalue weighted by molar-refractivity contribution is 7.49. The Kier molecular flexibility index (Phi) is 3.24. The maximum absolute atomic E-state index is 12.7. The molecule has 3 aromatic rings. The van der Waals surface area contributed by atoms with E-state index in [-0.39, 0.29) is 0 Å². The number of phosphoric ester groups is 1. The van der Waals surface area contributed by atoms with Gasteiger partial charge in [0, 0.05) is 5.28 Å². The average molecular weight is 326 g/mol. The Labute approximate surface area is 131 Å². The number of hydrogen-bond acceptors (Lipinski definition) is 6. The molecule has 1 atom stereocenters. The predicted molar refractivity (Wildman–Crippen MR) is 84.9 cm³/mol. The van der Waals surface area contributed by atoms with Crippen LogP contribution in [0.2, 0.25) is 0 Å². The van der Waals surface area contributed by atoms with E-state index in [0.29, 0.717) is 17.2 Å². The molecule has 23 heavy (non-hydrogen) atoms. The van der Waals surface area contributed by atoms with Crippen molar-refractivity contribution in [2.75, 3.05) is 0 Å². The van der Waals surface area contributed by atoms with Crippen molar-refractivity contribution >= 4 is 24.3 Å². The first kappa shape index (κ1) is 13.8. The number of rotatable bonds is 2. The minimum Gasteiger partial charge on any atom is -0.385 e. The van der Waals surface area contributed by atoms with E-state index in [1.165, 1.54) is 0 Å². The monoisotopic (exact) mass is 326 g/mol. The summed E-state index contributed by atoms with van der Waals surface area (Å²) in [4.78, 5) is 0. The van der Waals surface area contributed by atoms with E-state index in [9.17, 15) is 4.57 Å². The first-order valence-corrected chi connectivity index (χ1v) is 8.34. The Hall–Kier alpha value is -2.85. The van der Waals surface area contributed by atoms with Crippen LogP contribution in [0.3, 0.4) is 0 Å². The molecule has 2 bridgehead atoms. The highest BCUT2D eigenvalue weighted by atomic mass is 31.2. The summed E-state index contributed by atoms with van der Waals surface area (Å²) < 4.78 is 28.4. The molecule has 0 amide bonds. The van der Waals surface area contributed by atoms with Crippen molar-refractivity contribution in [2.45, 2.75) is 0 Å². The molecule has 0 aromatic heterocycles. The molecule has 0 aliphatic carbocycles. The zero-order valence-electron chi connectivity index (χ0n) is 11.8. The summed E-state index contributed by atoms with van der Waals surface area (Å²) >= 11 is 0. The topological polar surface area (TPSA) is 69.5 Å². The smallest absolute Gasteiger partial charge is 0.385 e. The van der Waals surface area contributed by atoms with Crippen molar-refractivity contribution < 1.29 is 18.2 Å². The Bertz CT molecular complexity index is 940. The van der Waals surface area contributed by atoms with Crippen molar-refractivity contribution in [3.8, 4) is 11.5 Å². The SMILES string of the molecule is O=P1(Oc2ccc3ccccc3c2)ON=Nc2ccc(cc2)O1. The van der Waals surface area contributed by atoms with Crippen molar-refractivity contribution in [3.05, 3.63) is 66.7 Å². The van der Waals surface area contributed by atoms with Crippen molar-refractivity contribution in [1.29, 1.82) is 0 Å². The molecule has 0 spiro atoms. The Morgan fingerprint density at radius 3 is 2.52 bits per heavy atom. The highest BCUT2D eigenvalue weighted by Gasteiger charge is 2.34. The molecule has 1 unspecified atom stereocenters. The molecule has 0 fully saturated rings. The maximum Gasteiger partial charge on any atom is 0.669 e. The van der Waals surface area contributed by atoms with E-state index in [0.717, 1.165) is 10.8 Å². The lowest BCUT2D eigenvalue weighted by Crippen LogP contribution is -2.01. The lowest BCUT2D eigenvalue weighted by molar-refractivity contribution is 0.206. The van der Waals surface area contributed by atoms with Gasteiger partial charge in [-0.15, -0.1) is 5.11 Å². The van der Waals surface area contributed by atoms with Gasteiger partial charge in [0.15, 0.2) is 0 Å². The van der Waals surface area contributed by atoms with Crippen LogP contribution >= 0.6 is 7.82 Å². The van der Waals surface area contributed by atoms with Gasteiger partial charge < -0.3 is 9.05 Å². The van der Waals surface area contributed by atoms with Gasteiger partial charge in [-0.2, -0.15) is 4.57 Å². The first-order valence-electron chi connectivity index (χ1n) is 6.88. The van der Waals surface area contributed by atoms with Crippen molar-refractivity contribution in [1.82, 2.24) is 0 Å². The molecule has 0 radical (unpaired) electrons. The van der Waals surface area contributed by atoms with Gasteiger partial charge in [-0.1, -0.05) is 30.3 Å². The molecule has 2 aliphatic heterocycles. The Morgan fingerprint density at radius 1 is 0.913 bits per heavy atom. The van der Waals surface area contributed by atoms with Crippen molar-refractivity contribution in [2.24, 2.45) is 10.4 Å². The van der Waals surface area contributed by atoms with Crippen LogP contribution in [0.4, 0.5) is 5.69 Å². The van der Waals surface area contributed by atoms with Gasteiger partial charge >= 0.3 is 7.82 Å². The fourth-order valence-electron chi connectivity index (χ4n) is 2.22. The van der Waals surface area contributed by atoms with Crippen LogP contribution in [-0.4, -0.2) is 0 Å².